The minimum absolute atomic E-state index is 0.121. The van der Waals surface area contributed by atoms with Crippen molar-refractivity contribution in [2.45, 2.75) is 38.6 Å². The van der Waals surface area contributed by atoms with Gasteiger partial charge in [0.05, 0.1) is 0 Å². The molecule has 0 bridgehead atoms. The lowest BCUT2D eigenvalue weighted by molar-refractivity contribution is -0.121. The van der Waals surface area contributed by atoms with Crippen molar-refractivity contribution in [2.75, 3.05) is 19.6 Å². The molecule has 2 rings (SSSR count). The average Bonchev–Trinajstić information content (AvgIpc) is 2.46. The van der Waals surface area contributed by atoms with Gasteiger partial charge >= 0.3 is 0 Å². The van der Waals surface area contributed by atoms with E-state index in [2.05, 4.69) is 10.2 Å². The zero-order chi connectivity index (χ0) is 14.2. The first-order valence-corrected chi connectivity index (χ1v) is 7.47. The van der Waals surface area contributed by atoms with Gasteiger partial charge in [0.1, 0.15) is 5.82 Å². The van der Waals surface area contributed by atoms with Crippen molar-refractivity contribution in [3.63, 3.8) is 0 Å². The third kappa shape index (κ3) is 5.29. The van der Waals surface area contributed by atoms with Crippen molar-refractivity contribution in [1.82, 2.24) is 10.2 Å². The van der Waals surface area contributed by atoms with Crippen molar-refractivity contribution in [1.29, 1.82) is 0 Å². The van der Waals surface area contributed by atoms with Crippen LogP contribution in [0.25, 0.3) is 0 Å². The fourth-order valence-corrected chi connectivity index (χ4v) is 2.55. The van der Waals surface area contributed by atoms with E-state index in [1.54, 1.807) is 12.1 Å². The smallest absolute Gasteiger partial charge is 0.221 e. The number of carbonyl (C=O) groups excluding carboxylic acids is 1. The topological polar surface area (TPSA) is 32.3 Å². The van der Waals surface area contributed by atoms with E-state index in [0.717, 1.165) is 44.5 Å². The molecule has 0 unspecified atom stereocenters. The Kier molecular flexibility index (Phi) is 5.99. The van der Waals surface area contributed by atoms with Crippen LogP contribution < -0.4 is 5.32 Å². The Morgan fingerprint density at radius 1 is 1.15 bits per heavy atom. The van der Waals surface area contributed by atoms with E-state index in [4.69, 9.17) is 0 Å². The highest BCUT2D eigenvalue weighted by atomic mass is 19.1. The van der Waals surface area contributed by atoms with Crippen LogP contribution in [0.5, 0.6) is 0 Å². The second-order valence-corrected chi connectivity index (χ2v) is 5.42. The Labute approximate surface area is 120 Å². The van der Waals surface area contributed by atoms with Crippen LogP contribution in [0.1, 0.15) is 37.7 Å². The summed E-state index contributed by atoms with van der Waals surface area (Å²) in [7, 11) is 0. The van der Waals surface area contributed by atoms with Crippen LogP contribution in [-0.4, -0.2) is 30.4 Å². The molecule has 0 atom stereocenters. The zero-order valence-corrected chi connectivity index (χ0v) is 11.9. The third-order valence-electron chi connectivity index (χ3n) is 3.67. The highest BCUT2D eigenvalue weighted by molar-refractivity contribution is 5.76. The number of rotatable bonds is 2. The summed E-state index contributed by atoms with van der Waals surface area (Å²) in [6.07, 6.45) is 5.08. The molecule has 110 valence electrons. The Balaban J connectivity index is 1.93. The Hall–Kier alpha value is -1.42. The highest BCUT2D eigenvalue weighted by Gasteiger charge is 2.10. The molecule has 1 heterocycles. The van der Waals surface area contributed by atoms with Crippen LogP contribution in [-0.2, 0) is 11.3 Å². The molecular weight excluding hydrogens is 255 g/mol. The number of benzene rings is 1. The van der Waals surface area contributed by atoms with Crippen molar-refractivity contribution in [3.05, 3.63) is 35.6 Å². The summed E-state index contributed by atoms with van der Waals surface area (Å²) >= 11 is 0. The van der Waals surface area contributed by atoms with Crippen molar-refractivity contribution < 1.29 is 9.18 Å². The van der Waals surface area contributed by atoms with Crippen molar-refractivity contribution in [2.24, 2.45) is 0 Å². The molecule has 1 aliphatic rings. The minimum Gasteiger partial charge on any atom is -0.356 e. The molecule has 1 amide bonds. The SMILES string of the molecule is O=C1CCN(Cc2cccc(F)c2)CCCCCCN1. The maximum atomic E-state index is 13.2. The maximum Gasteiger partial charge on any atom is 0.221 e. The molecule has 1 saturated heterocycles. The Bertz CT molecular complexity index is 436. The van der Waals surface area contributed by atoms with Crippen molar-refractivity contribution in [3.8, 4) is 0 Å². The molecule has 1 N–H and O–H groups in total. The van der Waals surface area contributed by atoms with Crippen LogP contribution in [0, 0.1) is 5.82 Å². The number of nitrogens with one attached hydrogen (secondary N) is 1. The van der Waals surface area contributed by atoms with Crippen LogP contribution >= 0.6 is 0 Å². The Morgan fingerprint density at radius 2 is 2.00 bits per heavy atom. The molecule has 3 nitrogen and oxygen atoms in total. The number of amides is 1. The molecule has 4 heteroatoms. The molecule has 0 radical (unpaired) electrons. The third-order valence-corrected chi connectivity index (χ3v) is 3.67. The van der Waals surface area contributed by atoms with Gasteiger partial charge in [-0.1, -0.05) is 25.0 Å². The molecule has 0 spiro atoms. The van der Waals surface area contributed by atoms with E-state index in [0.29, 0.717) is 13.0 Å². The Morgan fingerprint density at radius 3 is 2.85 bits per heavy atom. The molecule has 20 heavy (non-hydrogen) atoms. The number of halogens is 1. The van der Waals surface area contributed by atoms with Gasteiger partial charge in [-0.3, -0.25) is 9.69 Å². The van der Waals surface area contributed by atoms with Gasteiger partial charge in [0, 0.05) is 26.1 Å². The van der Waals surface area contributed by atoms with Gasteiger partial charge < -0.3 is 5.32 Å². The lowest BCUT2D eigenvalue weighted by Gasteiger charge is -2.21. The van der Waals surface area contributed by atoms with E-state index >= 15 is 0 Å². The van der Waals surface area contributed by atoms with Gasteiger partial charge in [-0.25, -0.2) is 4.39 Å². The van der Waals surface area contributed by atoms with E-state index in [1.807, 2.05) is 6.07 Å². The molecule has 0 aliphatic carbocycles. The second kappa shape index (κ2) is 8.00. The van der Waals surface area contributed by atoms with Gasteiger partial charge in [0.15, 0.2) is 0 Å². The quantitative estimate of drug-likeness (QED) is 0.902. The highest BCUT2D eigenvalue weighted by Crippen LogP contribution is 2.10. The summed E-state index contributed by atoms with van der Waals surface area (Å²) in [6, 6.07) is 6.72. The second-order valence-electron chi connectivity index (χ2n) is 5.42. The monoisotopic (exact) mass is 278 g/mol. The summed E-state index contributed by atoms with van der Waals surface area (Å²) in [5.74, 6) is -0.0748. The predicted molar refractivity (Wildman–Crippen MR) is 77.8 cm³/mol. The zero-order valence-electron chi connectivity index (χ0n) is 11.9. The van der Waals surface area contributed by atoms with Crippen LogP contribution in [0.4, 0.5) is 4.39 Å². The summed E-state index contributed by atoms with van der Waals surface area (Å²) in [4.78, 5) is 13.9. The lowest BCUT2D eigenvalue weighted by atomic mass is 10.1. The van der Waals surface area contributed by atoms with Gasteiger partial charge in [0.2, 0.25) is 5.91 Å². The summed E-state index contributed by atoms with van der Waals surface area (Å²) < 4.78 is 13.2. The van der Waals surface area contributed by atoms with Gasteiger partial charge in [-0.2, -0.15) is 0 Å². The number of carbonyl (C=O) groups is 1. The molecule has 1 aromatic rings. The van der Waals surface area contributed by atoms with Gasteiger partial charge in [0.25, 0.3) is 0 Å². The number of nitrogens with zero attached hydrogens (tertiary/aromatic N) is 1. The van der Waals surface area contributed by atoms with Gasteiger partial charge in [-0.15, -0.1) is 0 Å². The first-order valence-electron chi connectivity index (χ1n) is 7.47. The summed E-state index contributed by atoms with van der Waals surface area (Å²) in [6.45, 7) is 3.22. The first kappa shape index (κ1) is 15.0. The normalized spacial score (nSPS) is 19.1. The lowest BCUT2D eigenvalue weighted by Crippen LogP contribution is -2.31. The van der Waals surface area contributed by atoms with E-state index < -0.39 is 0 Å². The molecule has 0 aromatic heterocycles. The summed E-state index contributed by atoms with van der Waals surface area (Å²) in [5, 5.41) is 2.95. The number of hydrogen-bond acceptors (Lipinski definition) is 2. The van der Waals surface area contributed by atoms with E-state index in [1.165, 1.54) is 12.5 Å². The van der Waals surface area contributed by atoms with E-state index in [-0.39, 0.29) is 11.7 Å². The van der Waals surface area contributed by atoms with Gasteiger partial charge in [-0.05, 0) is 37.1 Å². The van der Waals surface area contributed by atoms with E-state index in [9.17, 15) is 9.18 Å². The van der Waals surface area contributed by atoms with Crippen molar-refractivity contribution >= 4 is 5.91 Å². The predicted octanol–water partition coefficient (Wildman–Crippen LogP) is 2.71. The maximum absolute atomic E-state index is 13.2. The van der Waals surface area contributed by atoms with Crippen LogP contribution in [0.15, 0.2) is 24.3 Å². The largest absolute Gasteiger partial charge is 0.356 e. The molecule has 1 aliphatic heterocycles. The average molecular weight is 278 g/mol. The molecule has 1 aromatic carbocycles. The fraction of sp³-hybridized carbons (Fsp3) is 0.562. The fourth-order valence-electron chi connectivity index (χ4n) is 2.55. The first-order chi connectivity index (χ1) is 9.74. The van der Waals surface area contributed by atoms with Crippen LogP contribution in [0.3, 0.4) is 0 Å². The standard InChI is InChI=1S/C16H23FN2O/c17-15-7-5-6-14(12-15)13-19-10-4-2-1-3-9-18-16(20)8-11-19/h5-7,12H,1-4,8-11,13H2,(H,18,20). The number of hydrogen-bond donors (Lipinski definition) is 1. The molecule has 0 saturated carbocycles. The minimum atomic E-state index is -0.196. The molecule has 1 fully saturated rings. The summed E-state index contributed by atoms with van der Waals surface area (Å²) in [5.41, 5.74) is 0.972. The van der Waals surface area contributed by atoms with Crippen LogP contribution in [0.2, 0.25) is 0 Å². The molecular formula is C16H23FN2O.